The summed E-state index contributed by atoms with van der Waals surface area (Å²) in [5.41, 5.74) is -2.62. The van der Waals surface area contributed by atoms with Gasteiger partial charge in [-0.15, -0.1) is 5.48 Å². The maximum absolute atomic E-state index is 13.8. The summed E-state index contributed by atoms with van der Waals surface area (Å²) in [7, 11) is 1.33. The minimum atomic E-state index is -4.87. The molecule has 36 heavy (non-hydrogen) atoms. The van der Waals surface area contributed by atoms with Gasteiger partial charge in [0.25, 0.3) is 5.91 Å². The second kappa shape index (κ2) is 11.1. The number of hydrogen-bond donors (Lipinski definition) is 1. The van der Waals surface area contributed by atoms with Crippen LogP contribution in [-0.2, 0) is 26.1 Å². The normalized spacial score (nSPS) is 17.8. The van der Waals surface area contributed by atoms with E-state index in [0.717, 1.165) is 22.5 Å². The number of amides is 4. The topological polar surface area (TPSA) is 107 Å². The van der Waals surface area contributed by atoms with E-state index in [4.69, 9.17) is 10.1 Å². The first kappa shape index (κ1) is 28.8. The van der Waals surface area contributed by atoms with E-state index in [1.54, 1.807) is 30.3 Å². The molecule has 2 N–H and O–H groups in total. The molecule has 1 fully saturated rings. The first-order valence-electron chi connectivity index (χ1n) is 10.7. The minimum Gasteiger partial charge on any atom is -1.00 e. The third-order valence-corrected chi connectivity index (χ3v) is 5.66. The standard InChI is InChI=1S/C24H23F3N4O4.ClH/c1-15(2)11-20(32)29-35-14-23(17-7-5-4-6-8-17)21(33)31(22(34)30(23)3)18-10-9-16(13-28)19(12-18)24(25,26)27;/h4-10,12,15H,11,14H2,1-3H3,(H,29,32);1H. The van der Waals surface area contributed by atoms with Gasteiger partial charge in [0.05, 0.1) is 29.3 Å². The molecule has 0 radical (unpaired) electrons. The number of primary amides is 1. The van der Waals surface area contributed by atoms with Crippen LogP contribution in [0.15, 0.2) is 48.5 Å². The number of hydroxylamine groups is 1. The molecule has 0 aliphatic carbocycles. The SMILES string of the molecule is CC(C)CC(=O)[NH2+]OCC1(c2ccccc2)C(=O)N(c2ccc(C#N)c(C(F)(F)F)c2)C(=O)N1C.[Cl-]. The van der Waals surface area contributed by atoms with Crippen LogP contribution < -0.4 is 22.8 Å². The average molecular weight is 525 g/mol. The van der Waals surface area contributed by atoms with Crippen molar-refractivity contribution in [1.29, 1.82) is 5.26 Å². The summed E-state index contributed by atoms with van der Waals surface area (Å²) in [6.45, 7) is 3.28. The van der Waals surface area contributed by atoms with Crippen molar-refractivity contribution in [2.45, 2.75) is 32.0 Å². The summed E-state index contributed by atoms with van der Waals surface area (Å²) in [6, 6.07) is 11.4. The summed E-state index contributed by atoms with van der Waals surface area (Å²) in [5, 5.41) is 9.06. The average Bonchev–Trinajstić information content (AvgIpc) is 2.99. The number of nitrogens with two attached hydrogens (primary N) is 1. The molecule has 1 saturated heterocycles. The largest absolute Gasteiger partial charge is 1.00 e. The predicted molar refractivity (Wildman–Crippen MR) is 117 cm³/mol. The molecule has 0 aromatic heterocycles. The lowest BCUT2D eigenvalue weighted by molar-refractivity contribution is -0.829. The van der Waals surface area contributed by atoms with Crippen LogP contribution in [0.2, 0.25) is 0 Å². The number of imide groups is 1. The van der Waals surface area contributed by atoms with Crippen LogP contribution >= 0.6 is 0 Å². The maximum Gasteiger partial charge on any atom is 0.417 e. The maximum atomic E-state index is 13.8. The zero-order chi connectivity index (χ0) is 26.0. The van der Waals surface area contributed by atoms with Gasteiger partial charge < -0.3 is 17.3 Å². The molecule has 2 aromatic carbocycles. The number of rotatable bonds is 7. The molecule has 8 nitrogen and oxygen atoms in total. The number of halogens is 4. The Morgan fingerprint density at radius 1 is 1.17 bits per heavy atom. The van der Waals surface area contributed by atoms with Crippen molar-refractivity contribution in [3.05, 3.63) is 65.2 Å². The summed E-state index contributed by atoms with van der Waals surface area (Å²) in [4.78, 5) is 46.3. The molecule has 1 unspecified atom stereocenters. The highest BCUT2D eigenvalue weighted by Crippen LogP contribution is 2.41. The van der Waals surface area contributed by atoms with Crippen molar-refractivity contribution in [1.82, 2.24) is 4.90 Å². The Morgan fingerprint density at radius 3 is 2.36 bits per heavy atom. The molecule has 4 amide bonds. The molecule has 0 bridgehead atoms. The Morgan fingerprint density at radius 2 is 1.81 bits per heavy atom. The van der Waals surface area contributed by atoms with Crippen LogP contribution in [0.25, 0.3) is 0 Å². The zero-order valence-electron chi connectivity index (χ0n) is 19.7. The van der Waals surface area contributed by atoms with Crippen molar-refractivity contribution >= 4 is 23.5 Å². The second-order valence-corrected chi connectivity index (χ2v) is 8.54. The number of carbonyl (C=O) groups is 3. The van der Waals surface area contributed by atoms with Crippen molar-refractivity contribution in [3.63, 3.8) is 0 Å². The Labute approximate surface area is 212 Å². The lowest BCUT2D eigenvalue weighted by Gasteiger charge is -2.31. The number of likely N-dealkylation sites (N-methyl/N-ethyl adjacent to an activating group) is 1. The number of carbonyl (C=O) groups excluding carboxylic acids is 3. The summed E-state index contributed by atoms with van der Waals surface area (Å²) in [6.07, 6.45) is -4.65. The fraction of sp³-hybridized carbons (Fsp3) is 0.333. The van der Waals surface area contributed by atoms with E-state index < -0.39 is 41.4 Å². The molecule has 2 aromatic rings. The molecule has 1 aliphatic rings. The van der Waals surface area contributed by atoms with Crippen molar-refractivity contribution in [2.24, 2.45) is 5.92 Å². The van der Waals surface area contributed by atoms with Gasteiger partial charge in [-0.2, -0.15) is 23.3 Å². The molecular formula is C24H24ClF3N4O4. The van der Waals surface area contributed by atoms with Crippen LogP contribution in [0.1, 0.15) is 37.0 Å². The van der Waals surface area contributed by atoms with Gasteiger partial charge in [-0.1, -0.05) is 44.2 Å². The molecule has 12 heteroatoms. The van der Waals surface area contributed by atoms with Crippen molar-refractivity contribution in [3.8, 4) is 6.07 Å². The van der Waals surface area contributed by atoms with Gasteiger partial charge >= 0.3 is 18.1 Å². The Bertz CT molecular complexity index is 1180. The Kier molecular flexibility index (Phi) is 8.85. The van der Waals surface area contributed by atoms with E-state index in [1.165, 1.54) is 13.1 Å². The van der Waals surface area contributed by atoms with E-state index >= 15 is 0 Å². The molecule has 1 heterocycles. The van der Waals surface area contributed by atoms with E-state index in [9.17, 15) is 27.6 Å². The van der Waals surface area contributed by atoms with Gasteiger partial charge in [0, 0.05) is 7.05 Å². The number of urea groups is 1. The summed E-state index contributed by atoms with van der Waals surface area (Å²) >= 11 is 0. The smallest absolute Gasteiger partial charge is 0.417 e. The molecule has 1 atom stereocenters. The zero-order valence-corrected chi connectivity index (χ0v) is 20.4. The van der Waals surface area contributed by atoms with Gasteiger partial charge in [-0.3, -0.25) is 4.79 Å². The molecule has 0 saturated carbocycles. The van der Waals surface area contributed by atoms with Crippen molar-refractivity contribution in [2.75, 3.05) is 18.6 Å². The van der Waals surface area contributed by atoms with Crippen LogP contribution in [-0.4, -0.2) is 36.4 Å². The van der Waals surface area contributed by atoms with Crippen LogP contribution in [0, 0.1) is 17.2 Å². The van der Waals surface area contributed by atoms with Crippen molar-refractivity contribution < 1.29 is 50.3 Å². The number of benzene rings is 2. The third kappa shape index (κ3) is 5.36. The van der Waals surface area contributed by atoms with Gasteiger partial charge in [0.1, 0.15) is 6.61 Å². The van der Waals surface area contributed by atoms with Crippen LogP contribution in [0.3, 0.4) is 0 Å². The predicted octanol–water partition coefficient (Wildman–Crippen LogP) is -0.0573. The summed E-state index contributed by atoms with van der Waals surface area (Å²) in [5.74, 6) is -1.07. The molecule has 3 rings (SSSR count). The number of quaternary nitrogens is 1. The quantitative estimate of drug-likeness (QED) is 0.403. The third-order valence-electron chi connectivity index (χ3n) is 5.66. The fourth-order valence-electron chi connectivity index (χ4n) is 3.94. The molecule has 0 spiro atoms. The number of alkyl halides is 3. The van der Waals surface area contributed by atoms with E-state index in [1.807, 2.05) is 13.8 Å². The van der Waals surface area contributed by atoms with Gasteiger partial charge in [0.15, 0.2) is 5.54 Å². The van der Waals surface area contributed by atoms with E-state index in [2.05, 4.69) is 0 Å². The first-order chi connectivity index (χ1) is 16.4. The summed E-state index contributed by atoms with van der Waals surface area (Å²) < 4.78 is 40.6. The highest BCUT2D eigenvalue weighted by Gasteiger charge is 2.58. The van der Waals surface area contributed by atoms with Gasteiger partial charge in [-0.05, 0) is 29.7 Å². The molecular weight excluding hydrogens is 501 g/mol. The lowest BCUT2D eigenvalue weighted by atomic mass is 9.89. The second-order valence-electron chi connectivity index (χ2n) is 8.54. The highest BCUT2D eigenvalue weighted by atomic mass is 35.5. The minimum absolute atomic E-state index is 0. The monoisotopic (exact) mass is 524 g/mol. The van der Waals surface area contributed by atoms with E-state index in [-0.39, 0.29) is 36.3 Å². The number of nitriles is 1. The van der Waals surface area contributed by atoms with Gasteiger partial charge in [-0.25, -0.2) is 14.5 Å². The highest BCUT2D eigenvalue weighted by molar-refractivity contribution is 6.23. The number of anilines is 1. The van der Waals surface area contributed by atoms with Gasteiger partial charge in [0.2, 0.25) is 0 Å². The lowest BCUT2D eigenvalue weighted by Crippen LogP contribution is -3.00. The van der Waals surface area contributed by atoms with E-state index in [0.29, 0.717) is 16.5 Å². The first-order valence-corrected chi connectivity index (χ1v) is 10.7. The number of nitrogens with zero attached hydrogens (tertiary/aromatic N) is 3. The molecule has 1 aliphatic heterocycles. The number of hydrogen-bond acceptors (Lipinski definition) is 5. The fourth-order valence-corrected chi connectivity index (χ4v) is 3.94. The molecule has 192 valence electrons. The van der Waals surface area contributed by atoms with Crippen LogP contribution in [0.5, 0.6) is 0 Å². The Balaban J connectivity index is 0.00000456. The Hall–Kier alpha value is -3.46. The van der Waals surface area contributed by atoms with Crippen LogP contribution in [0.4, 0.5) is 23.7 Å².